The molecule has 0 bridgehead atoms. The molecule has 5 heteroatoms. The second-order valence-electron chi connectivity index (χ2n) is 6.80. The molecule has 0 N–H and O–H groups in total. The van der Waals surface area contributed by atoms with Crippen molar-refractivity contribution in [2.45, 2.75) is 39.3 Å². The Hall–Kier alpha value is -2.27. The Kier molecular flexibility index (Phi) is 3.81. The number of nitrogens with zero attached hydrogens (tertiary/aromatic N) is 4. The van der Waals surface area contributed by atoms with E-state index in [1.807, 2.05) is 30.2 Å². The van der Waals surface area contributed by atoms with E-state index in [4.69, 9.17) is 0 Å². The van der Waals surface area contributed by atoms with Crippen LogP contribution < -0.4 is 4.90 Å². The molecule has 2 aliphatic heterocycles. The maximum atomic E-state index is 12.9. The molecule has 0 spiro atoms. The van der Waals surface area contributed by atoms with E-state index in [9.17, 15) is 4.79 Å². The summed E-state index contributed by atoms with van der Waals surface area (Å²) in [7, 11) is 0. The van der Waals surface area contributed by atoms with E-state index in [0.717, 1.165) is 43.1 Å². The van der Waals surface area contributed by atoms with Gasteiger partial charge in [0.1, 0.15) is 5.82 Å². The Balaban J connectivity index is 1.49. The summed E-state index contributed by atoms with van der Waals surface area (Å²) in [6.45, 7) is 6.09. The lowest BCUT2D eigenvalue weighted by Crippen LogP contribution is -2.44. The second-order valence-corrected chi connectivity index (χ2v) is 6.80. The van der Waals surface area contributed by atoms with Gasteiger partial charge in [0.15, 0.2) is 0 Å². The van der Waals surface area contributed by atoms with Gasteiger partial charge >= 0.3 is 0 Å². The van der Waals surface area contributed by atoms with E-state index in [-0.39, 0.29) is 11.9 Å². The molecule has 0 unspecified atom stereocenters. The van der Waals surface area contributed by atoms with Gasteiger partial charge < -0.3 is 4.90 Å². The lowest BCUT2D eigenvalue weighted by atomic mass is 10.1. The van der Waals surface area contributed by atoms with Crippen molar-refractivity contribution in [1.29, 1.82) is 0 Å². The van der Waals surface area contributed by atoms with Crippen LogP contribution >= 0.6 is 0 Å². The molecule has 1 aromatic carbocycles. The van der Waals surface area contributed by atoms with Crippen molar-refractivity contribution in [1.82, 2.24) is 14.9 Å². The Morgan fingerprint density at radius 1 is 1.29 bits per heavy atom. The Bertz CT molecular complexity index is 789. The third-order valence-electron chi connectivity index (χ3n) is 4.98. The summed E-state index contributed by atoms with van der Waals surface area (Å²) in [5.41, 5.74) is 4.62. The molecule has 0 saturated heterocycles. The first-order valence-electron chi connectivity index (χ1n) is 8.55. The number of fused-ring (bicyclic) bond motifs is 2. The summed E-state index contributed by atoms with van der Waals surface area (Å²) in [4.78, 5) is 25.9. The molecule has 4 rings (SSSR count). The fourth-order valence-corrected chi connectivity index (χ4v) is 3.81. The van der Waals surface area contributed by atoms with E-state index in [1.54, 1.807) is 0 Å². The molecule has 5 nitrogen and oxygen atoms in total. The number of hydrogen-bond donors (Lipinski definition) is 0. The summed E-state index contributed by atoms with van der Waals surface area (Å²) >= 11 is 0. The molecule has 124 valence electrons. The number of benzene rings is 1. The summed E-state index contributed by atoms with van der Waals surface area (Å²) in [6, 6.07) is 8.46. The molecule has 24 heavy (non-hydrogen) atoms. The zero-order valence-corrected chi connectivity index (χ0v) is 14.2. The van der Waals surface area contributed by atoms with Crippen molar-refractivity contribution in [2.75, 3.05) is 18.0 Å². The lowest BCUT2D eigenvalue weighted by Gasteiger charge is -2.30. The largest absolute Gasteiger partial charge is 0.308 e. The molecule has 0 aliphatic carbocycles. The Labute approximate surface area is 142 Å². The molecule has 3 heterocycles. The molecular weight excluding hydrogens is 300 g/mol. The van der Waals surface area contributed by atoms with Crippen molar-refractivity contribution in [3.05, 3.63) is 53.1 Å². The highest BCUT2D eigenvalue weighted by Gasteiger charge is 2.31. The number of carbonyl (C=O) groups is 1. The molecule has 1 atom stereocenters. The van der Waals surface area contributed by atoms with E-state index in [2.05, 4.69) is 33.9 Å². The molecule has 1 amide bonds. The van der Waals surface area contributed by atoms with E-state index < -0.39 is 0 Å². The molecule has 0 fully saturated rings. The van der Waals surface area contributed by atoms with Gasteiger partial charge in [-0.25, -0.2) is 9.97 Å². The van der Waals surface area contributed by atoms with Crippen LogP contribution in [0.15, 0.2) is 30.5 Å². The van der Waals surface area contributed by atoms with Gasteiger partial charge in [-0.3, -0.25) is 9.69 Å². The van der Waals surface area contributed by atoms with Crippen LogP contribution in [0.5, 0.6) is 0 Å². The van der Waals surface area contributed by atoms with Crippen molar-refractivity contribution in [2.24, 2.45) is 0 Å². The van der Waals surface area contributed by atoms with Crippen molar-refractivity contribution < 1.29 is 4.79 Å². The highest BCUT2D eigenvalue weighted by molar-refractivity contribution is 5.97. The maximum Gasteiger partial charge on any atom is 0.241 e. The first-order valence-corrected chi connectivity index (χ1v) is 8.55. The minimum Gasteiger partial charge on any atom is -0.308 e. The van der Waals surface area contributed by atoms with Crippen molar-refractivity contribution >= 4 is 11.6 Å². The van der Waals surface area contributed by atoms with E-state index in [1.165, 1.54) is 11.1 Å². The van der Waals surface area contributed by atoms with Crippen LogP contribution in [0, 0.1) is 6.92 Å². The van der Waals surface area contributed by atoms with Crippen molar-refractivity contribution in [3.8, 4) is 0 Å². The SMILES string of the molecule is Cc1ncc2c(n1)CN(CC(=O)N1c3ccccc3C[C@H]1C)CC2. The van der Waals surface area contributed by atoms with Gasteiger partial charge in [0.05, 0.1) is 12.2 Å². The fraction of sp³-hybridized carbons (Fsp3) is 0.421. The number of aryl methyl sites for hydroxylation is 1. The van der Waals surface area contributed by atoms with Gasteiger partial charge in [-0.15, -0.1) is 0 Å². The first kappa shape index (κ1) is 15.3. The minimum atomic E-state index is 0.182. The van der Waals surface area contributed by atoms with Crippen molar-refractivity contribution in [3.63, 3.8) is 0 Å². The van der Waals surface area contributed by atoms with E-state index in [0.29, 0.717) is 6.54 Å². The van der Waals surface area contributed by atoms with Crippen LogP contribution in [-0.4, -0.2) is 39.9 Å². The highest BCUT2D eigenvalue weighted by atomic mass is 16.2. The number of para-hydroxylation sites is 1. The average Bonchev–Trinajstić information content (AvgIpc) is 2.90. The first-order chi connectivity index (χ1) is 11.6. The molecule has 2 aromatic rings. The quantitative estimate of drug-likeness (QED) is 0.850. The number of amides is 1. The Morgan fingerprint density at radius 2 is 2.12 bits per heavy atom. The zero-order chi connectivity index (χ0) is 16.7. The number of anilines is 1. The standard InChI is InChI=1S/C19H22N4O/c1-13-9-15-5-3-4-6-18(15)23(13)19(24)12-22-8-7-16-10-20-14(2)21-17(16)11-22/h3-6,10,13H,7-9,11-12H2,1-2H3/t13-/m1/s1. The summed E-state index contributed by atoms with van der Waals surface area (Å²) in [5.74, 6) is 0.977. The van der Waals surface area contributed by atoms with Crippen LogP contribution in [-0.2, 0) is 24.2 Å². The number of carbonyl (C=O) groups excluding carboxylic acids is 1. The number of rotatable bonds is 2. The highest BCUT2D eigenvalue weighted by Crippen LogP contribution is 2.32. The smallest absolute Gasteiger partial charge is 0.241 e. The summed E-state index contributed by atoms with van der Waals surface area (Å²) in [6.07, 6.45) is 3.78. The predicted molar refractivity (Wildman–Crippen MR) is 92.8 cm³/mol. The lowest BCUT2D eigenvalue weighted by molar-refractivity contribution is -0.120. The minimum absolute atomic E-state index is 0.182. The second kappa shape index (κ2) is 5.98. The summed E-state index contributed by atoms with van der Waals surface area (Å²) in [5, 5.41) is 0. The van der Waals surface area contributed by atoms with Gasteiger partial charge in [0.25, 0.3) is 0 Å². The summed E-state index contributed by atoms with van der Waals surface area (Å²) < 4.78 is 0. The molecule has 0 saturated carbocycles. The van der Waals surface area contributed by atoms with Gasteiger partial charge in [0.2, 0.25) is 5.91 Å². The topological polar surface area (TPSA) is 49.3 Å². The van der Waals surface area contributed by atoms with Crippen LogP contribution in [0.2, 0.25) is 0 Å². The van der Waals surface area contributed by atoms with Gasteiger partial charge in [0, 0.05) is 31.0 Å². The van der Waals surface area contributed by atoms with Crippen LogP contribution in [0.25, 0.3) is 0 Å². The fourth-order valence-electron chi connectivity index (χ4n) is 3.81. The van der Waals surface area contributed by atoms with Crippen LogP contribution in [0.3, 0.4) is 0 Å². The zero-order valence-electron chi connectivity index (χ0n) is 14.2. The van der Waals surface area contributed by atoms with Gasteiger partial charge in [-0.1, -0.05) is 18.2 Å². The van der Waals surface area contributed by atoms with Crippen LogP contribution in [0.4, 0.5) is 5.69 Å². The molecule has 0 radical (unpaired) electrons. The molecule has 1 aromatic heterocycles. The number of hydrogen-bond acceptors (Lipinski definition) is 4. The van der Waals surface area contributed by atoms with Gasteiger partial charge in [-0.2, -0.15) is 0 Å². The number of aromatic nitrogens is 2. The molecule has 2 aliphatic rings. The third kappa shape index (κ3) is 2.69. The van der Waals surface area contributed by atoms with Gasteiger partial charge in [-0.05, 0) is 43.9 Å². The predicted octanol–water partition coefficient (Wildman–Crippen LogP) is 2.12. The van der Waals surface area contributed by atoms with Crippen LogP contribution in [0.1, 0.15) is 29.6 Å². The van der Waals surface area contributed by atoms with E-state index >= 15 is 0 Å². The molecular formula is C19H22N4O. The third-order valence-corrected chi connectivity index (χ3v) is 4.98. The average molecular weight is 322 g/mol. The normalized spacial score (nSPS) is 19.9. The Morgan fingerprint density at radius 3 is 3.00 bits per heavy atom. The monoisotopic (exact) mass is 322 g/mol. The maximum absolute atomic E-state index is 12.9.